The van der Waals surface area contributed by atoms with Crippen LogP contribution in [0.2, 0.25) is 0 Å². The molecule has 6 nitrogen and oxygen atoms in total. The number of pyridine rings is 1. The fraction of sp³-hybridized carbons (Fsp3) is 0.357. The van der Waals surface area contributed by atoms with E-state index in [-0.39, 0.29) is 17.3 Å². The van der Waals surface area contributed by atoms with Gasteiger partial charge in [-0.2, -0.15) is 0 Å². The number of carbonyl (C=O) groups excluding carboxylic acids is 1. The first-order valence-electron chi connectivity index (χ1n) is 12.5. The molecule has 0 bridgehead atoms. The summed E-state index contributed by atoms with van der Waals surface area (Å²) in [5.74, 6) is 0.874. The van der Waals surface area contributed by atoms with E-state index in [2.05, 4.69) is 80.0 Å². The minimum Gasteiger partial charge on any atom is -0.362 e. The molecule has 3 atom stereocenters. The van der Waals surface area contributed by atoms with Gasteiger partial charge in [-0.25, -0.2) is 0 Å². The van der Waals surface area contributed by atoms with E-state index >= 15 is 0 Å². The summed E-state index contributed by atoms with van der Waals surface area (Å²) in [6, 6.07) is 21.9. The van der Waals surface area contributed by atoms with Gasteiger partial charge in [-0.05, 0) is 40.8 Å². The zero-order chi connectivity index (χ0) is 23.6. The number of piperazine rings is 1. The number of para-hydroxylation sites is 1. The molecule has 35 heavy (non-hydrogen) atoms. The largest absolute Gasteiger partial charge is 0.362 e. The number of thioether (sulfide) groups is 1. The summed E-state index contributed by atoms with van der Waals surface area (Å²) in [5, 5.41) is 6.76. The number of anilines is 1. The van der Waals surface area contributed by atoms with Gasteiger partial charge in [-0.3, -0.25) is 20.0 Å². The number of nitrogens with one attached hydrogen (secondary N) is 2. The number of carbonyl (C=O) groups is 1. The summed E-state index contributed by atoms with van der Waals surface area (Å²) in [6.45, 7) is 4.51. The van der Waals surface area contributed by atoms with Gasteiger partial charge in [0.05, 0.1) is 17.5 Å². The molecule has 0 saturated carbocycles. The van der Waals surface area contributed by atoms with Crippen LogP contribution in [-0.2, 0) is 11.2 Å². The Hall–Kier alpha value is -2.87. The molecular weight excluding hydrogens is 454 g/mol. The monoisotopic (exact) mass is 485 g/mol. The van der Waals surface area contributed by atoms with Crippen molar-refractivity contribution < 1.29 is 4.79 Å². The third-order valence-electron chi connectivity index (χ3n) is 7.37. The third-order valence-corrected chi connectivity index (χ3v) is 8.64. The summed E-state index contributed by atoms with van der Waals surface area (Å²) in [7, 11) is 0. The molecule has 2 fully saturated rings. The van der Waals surface area contributed by atoms with Gasteiger partial charge in [0.15, 0.2) is 0 Å². The van der Waals surface area contributed by atoms with Crippen molar-refractivity contribution in [2.24, 2.45) is 0 Å². The first-order valence-corrected chi connectivity index (χ1v) is 13.5. The molecule has 3 aliphatic rings. The van der Waals surface area contributed by atoms with Crippen molar-refractivity contribution in [3.05, 3.63) is 95.3 Å². The van der Waals surface area contributed by atoms with Gasteiger partial charge in [0.1, 0.15) is 0 Å². The maximum Gasteiger partial charge on any atom is 0.238 e. The van der Waals surface area contributed by atoms with Crippen LogP contribution in [0.4, 0.5) is 5.69 Å². The van der Waals surface area contributed by atoms with Gasteiger partial charge >= 0.3 is 0 Å². The minimum absolute atomic E-state index is 0.0938. The van der Waals surface area contributed by atoms with Crippen molar-refractivity contribution in [3.63, 3.8) is 0 Å². The van der Waals surface area contributed by atoms with Gasteiger partial charge in [0.2, 0.25) is 5.91 Å². The van der Waals surface area contributed by atoms with Crippen LogP contribution in [0.1, 0.15) is 33.7 Å². The molecule has 2 aromatic carbocycles. The summed E-state index contributed by atoms with van der Waals surface area (Å²) in [4.78, 5) is 22.1. The topological polar surface area (TPSA) is 60.5 Å². The van der Waals surface area contributed by atoms with Gasteiger partial charge < -0.3 is 10.2 Å². The van der Waals surface area contributed by atoms with Crippen LogP contribution in [-0.4, -0.2) is 60.3 Å². The molecule has 180 valence electrons. The van der Waals surface area contributed by atoms with Crippen LogP contribution < -0.4 is 15.5 Å². The Morgan fingerprint density at radius 1 is 1.06 bits per heavy atom. The molecule has 1 amide bonds. The van der Waals surface area contributed by atoms with Crippen LogP contribution in [0, 0.1) is 0 Å². The molecule has 2 saturated heterocycles. The van der Waals surface area contributed by atoms with Crippen molar-refractivity contribution >= 4 is 23.4 Å². The molecule has 6 rings (SSSR count). The fourth-order valence-electron chi connectivity index (χ4n) is 5.57. The fourth-order valence-corrected chi connectivity index (χ4v) is 6.79. The van der Waals surface area contributed by atoms with Crippen molar-refractivity contribution in [1.82, 2.24) is 20.5 Å². The van der Waals surface area contributed by atoms with E-state index in [0.717, 1.165) is 43.9 Å². The molecule has 3 aliphatic heterocycles. The van der Waals surface area contributed by atoms with Gasteiger partial charge in [-0.1, -0.05) is 48.5 Å². The van der Waals surface area contributed by atoms with E-state index in [0.29, 0.717) is 12.6 Å². The van der Waals surface area contributed by atoms with Crippen molar-refractivity contribution in [2.75, 3.05) is 43.4 Å². The Bertz CT molecular complexity index is 1190. The smallest absolute Gasteiger partial charge is 0.238 e. The zero-order valence-electron chi connectivity index (χ0n) is 19.8. The van der Waals surface area contributed by atoms with Crippen LogP contribution in [0.25, 0.3) is 0 Å². The molecule has 4 heterocycles. The molecule has 0 aliphatic carbocycles. The molecule has 7 heteroatoms. The average Bonchev–Trinajstić information content (AvgIpc) is 3.36. The summed E-state index contributed by atoms with van der Waals surface area (Å²) in [5.41, 5.74) is 6.77. The highest BCUT2D eigenvalue weighted by atomic mass is 32.2. The van der Waals surface area contributed by atoms with E-state index in [1.807, 2.05) is 12.3 Å². The Balaban J connectivity index is 1.07. The number of benzene rings is 2. The van der Waals surface area contributed by atoms with E-state index in [1.165, 1.54) is 22.4 Å². The standard InChI is InChI=1S/C28H31N5OS/c34-27(24-19-35-28(31-24)22-8-5-11-29-17-22)30-12-13-32-14-15-33-25-10-4-2-7-21(25)16-20-6-1-3-9-23(20)26(33)18-32/h1-11,17,24,26,28,31H,12-16,18-19H2,(H,30,34). The van der Waals surface area contributed by atoms with Crippen molar-refractivity contribution in [1.29, 1.82) is 0 Å². The highest BCUT2D eigenvalue weighted by Gasteiger charge is 2.34. The van der Waals surface area contributed by atoms with E-state index in [9.17, 15) is 4.79 Å². The summed E-state index contributed by atoms with van der Waals surface area (Å²) >= 11 is 1.77. The van der Waals surface area contributed by atoms with Gasteiger partial charge in [0, 0.05) is 56.6 Å². The number of hydrogen-bond acceptors (Lipinski definition) is 6. The number of rotatable bonds is 5. The minimum atomic E-state index is -0.160. The third kappa shape index (κ3) is 4.68. The van der Waals surface area contributed by atoms with Gasteiger partial charge in [0.25, 0.3) is 0 Å². The maximum absolute atomic E-state index is 12.8. The normalized spacial score (nSPS) is 23.7. The SMILES string of the molecule is O=C(NCCN1CCN2c3ccccc3Cc3ccccc3C2C1)C1CSC(c2cccnc2)N1. The second kappa shape index (κ2) is 10.0. The van der Waals surface area contributed by atoms with Crippen molar-refractivity contribution in [2.45, 2.75) is 23.9 Å². The Labute approximate surface area is 211 Å². The highest BCUT2D eigenvalue weighted by molar-refractivity contribution is 7.99. The lowest BCUT2D eigenvalue weighted by Gasteiger charge is -2.43. The van der Waals surface area contributed by atoms with Crippen LogP contribution in [0.3, 0.4) is 0 Å². The number of fused-ring (bicyclic) bond motifs is 5. The second-order valence-corrected chi connectivity index (χ2v) is 10.7. The number of aromatic nitrogens is 1. The predicted octanol–water partition coefficient (Wildman–Crippen LogP) is 3.37. The summed E-state index contributed by atoms with van der Waals surface area (Å²) in [6.07, 6.45) is 4.63. The first-order chi connectivity index (χ1) is 17.3. The molecule has 2 N–H and O–H groups in total. The predicted molar refractivity (Wildman–Crippen MR) is 142 cm³/mol. The Morgan fingerprint density at radius 3 is 2.80 bits per heavy atom. The Kier molecular flexibility index (Phi) is 6.46. The lowest BCUT2D eigenvalue weighted by molar-refractivity contribution is -0.122. The number of hydrogen-bond donors (Lipinski definition) is 2. The lowest BCUT2D eigenvalue weighted by Crippen LogP contribution is -2.51. The van der Waals surface area contributed by atoms with Crippen molar-refractivity contribution in [3.8, 4) is 0 Å². The average molecular weight is 486 g/mol. The number of nitrogens with zero attached hydrogens (tertiary/aromatic N) is 3. The van der Waals surface area contributed by atoms with Gasteiger partial charge in [-0.15, -0.1) is 11.8 Å². The zero-order valence-corrected chi connectivity index (χ0v) is 20.6. The molecule has 3 unspecified atom stereocenters. The maximum atomic E-state index is 12.8. The molecule has 0 spiro atoms. The molecular formula is C28H31N5OS. The van der Waals surface area contributed by atoms with Crippen LogP contribution >= 0.6 is 11.8 Å². The molecule has 3 aromatic rings. The second-order valence-electron chi connectivity index (χ2n) is 9.52. The lowest BCUT2D eigenvalue weighted by atomic mass is 9.96. The quantitative estimate of drug-likeness (QED) is 0.578. The first kappa shape index (κ1) is 22.6. The Morgan fingerprint density at radius 2 is 1.91 bits per heavy atom. The highest BCUT2D eigenvalue weighted by Crippen LogP contribution is 2.39. The summed E-state index contributed by atoms with van der Waals surface area (Å²) < 4.78 is 0. The van der Waals surface area contributed by atoms with E-state index in [4.69, 9.17) is 0 Å². The van der Waals surface area contributed by atoms with E-state index in [1.54, 1.807) is 18.0 Å². The number of amides is 1. The molecule has 0 radical (unpaired) electrons. The van der Waals surface area contributed by atoms with Crippen LogP contribution in [0.15, 0.2) is 73.1 Å². The molecule has 1 aromatic heterocycles. The van der Waals surface area contributed by atoms with Crippen LogP contribution in [0.5, 0.6) is 0 Å². The van der Waals surface area contributed by atoms with E-state index < -0.39 is 0 Å².